The summed E-state index contributed by atoms with van der Waals surface area (Å²) < 4.78 is 13.9. The van der Waals surface area contributed by atoms with Crippen LogP contribution in [-0.2, 0) is 11.3 Å². The molecule has 0 unspecified atom stereocenters. The maximum atomic E-state index is 13.9. The van der Waals surface area contributed by atoms with Gasteiger partial charge >= 0.3 is 0 Å². The summed E-state index contributed by atoms with van der Waals surface area (Å²) in [6, 6.07) is 16.1. The van der Waals surface area contributed by atoms with Gasteiger partial charge in [-0.25, -0.2) is 4.39 Å². The fraction of sp³-hybridized carbons (Fsp3) is 0.250. The summed E-state index contributed by atoms with van der Waals surface area (Å²) in [4.78, 5) is 30.6. The van der Waals surface area contributed by atoms with Crippen molar-refractivity contribution < 1.29 is 14.0 Å². The molecule has 1 saturated heterocycles. The lowest BCUT2D eigenvalue weighted by Crippen LogP contribution is -2.48. The molecule has 1 aromatic heterocycles. The molecule has 1 aliphatic rings. The quantitative estimate of drug-likeness (QED) is 0.561. The Morgan fingerprint density at radius 1 is 1.06 bits per heavy atom. The van der Waals surface area contributed by atoms with Crippen molar-refractivity contribution in [2.45, 2.75) is 13.5 Å². The van der Waals surface area contributed by atoms with Crippen LogP contribution in [0.15, 0.2) is 54.6 Å². The second-order valence-electron chi connectivity index (χ2n) is 7.69. The maximum Gasteiger partial charge on any atom is 0.254 e. The molecule has 8 heteroatoms. The van der Waals surface area contributed by atoms with E-state index < -0.39 is 5.82 Å². The highest BCUT2D eigenvalue weighted by Gasteiger charge is 2.23. The number of amides is 2. The molecule has 166 valence electrons. The van der Waals surface area contributed by atoms with Gasteiger partial charge in [0.15, 0.2) is 0 Å². The molecule has 1 fully saturated rings. The van der Waals surface area contributed by atoms with Crippen molar-refractivity contribution >= 4 is 40.4 Å². The van der Waals surface area contributed by atoms with Crippen molar-refractivity contribution in [2.75, 3.05) is 31.5 Å². The average Bonchev–Trinajstić information content (AvgIpc) is 3.23. The predicted octanol–water partition coefficient (Wildman–Crippen LogP) is 5.12. The predicted molar refractivity (Wildman–Crippen MR) is 127 cm³/mol. The van der Waals surface area contributed by atoms with Gasteiger partial charge in [0.25, 0.3) is 5.91 Å². The van der Waals surface area contributed by atoms with E-state index in [1.54, 1.807) is 16.2 Å². The van der Waals surface area contributed by atoms with Crippen molar-refractivity contribution in [1.82, 2.24) is 9.80 Å². The first-order chi connectivity index (χ1) is 15.4. The Labute approximate surface area is 195 Å². The van der Waals surface area contributed by atoms with E-state index in [4.69, 9.17) is 11.6 Å². The number of hydrogen-bond acceptors (Lipinski definition) is 4. The van der Waals surface area contributed by atoms with E-state index in [0.717, 1.165) is 35.1 Å². The van der Waals surface area contributed by atoms with Gasteiger partial charge in [0.2, 0.25) is 5.91 Å². The standard InChI is InChI=1S/C24H23ClFN3O2S/c1-16(30)27-22-14-17(6-8-21(22)26)24(31)29-12-10-28(11-13-29)15-18-7-9-23(32-18)19-4-2-3-5-20(19)25/h2-9,14H,10-13,15H2,1H3,(H,27,30). The van der Waals surface area contributed by atoms with E-state index in [-0.39, 0.29) is 17.5 Å². The van der Waals surface area contributed by atoms with Crippen LogP contribution >= 0.6 is 22.9 Å². The summed E-state index contributed by atoms with van der Waals surface area (Å²) in [5.41, 5.74) is 1.43. The first-order valence-electron chi connectivity index (χ1n) is 10.3. The Hall–Kier alpha value is -2.74. The van der Waals surface area contributed by atoms with Gasteiger partial charge in [-0.15, -0.1) is 11.3 Å². The zero-order valence-electron chi connectivity index (χ0n) is 17.6. The fourth-order valence-corrected chi connectivity index (χ4v) is 5.11. The number of nitrogens with one attached hydrogen (secondary N) is 1. The molecule has 2 aromatic carbocycles. The van der Waals surface area contributed by atoms with Gasteiger partial charge in [0, 0.05) is 65.6 Å². The molecule has 4 rings (SSSR count). The number of rotatable bonds is 5. The second kappa shape index (κ2) is 9.81. The molecule has 1 aliphatic heterocycles. The molecule has 2 amide bonds. The van der Waals surface area contributed by atoms with Crippen LogP contribution in [0, 0.1) is 5.82 Å². The van der Waals surface area contributed by atoms with Crippen molar-refractivity contribution in [1.29, 1.82) is 0 Å². The Kier molecular flexibility index (Phi) is 6.89. The van der Waals surface area contributed by atoms with Crippen LogP contribution in [0.25, 0.3) is 10.4 Å². The van der Waals surface area contributed by atoms with Gasteiger partial charge in [-0.1, -0.05) is 29.8 Å². The number of carbonyl (C=O) groups excluding carboxylic acids is 2. The largest absolute Gasteiger partial charge is 0.336 e. The smallest absolute Gasteiger partial charge is 0.254 e. The lowest BCUT2D eigenvalue weighted by atomic mass is 10.1. The fourth-order valence-electron chi connectivity index (χ4n) is 3.72. The average molecular weight is 472 g/mol. The van der Waals surface area contributed by atoms with Gasteiger partial charge in [0.1, 0.15) is 5.82 Å². The summed E-state index contributed by atoms with van der Waals surface area (Å²) in [6.45, 7) is 4.82. The van der Waals surface area contributed by atoms with Gasteiger partial charge in [-0.3, -0.25) is 14.5 Å². The highest BCUT2D eigenvalue weighted by atomic mass is 35.5. The third-order valence-corrected chi connectivity index (χ3v) is 6.80. The topological polar surface area (TPSA) is 52.7 Å². The normalized spacial score (nSPS) is 14.4. The van der Waals surface area contributed by atoms with E-state index in [1.807, 2.05) is 24.3 Å². The number of thiophene rings is 1. The van der Waals surface area contributed by atoms with Crippen molar-refractivity contribution in [3.63, 3.8) is 0 Å². The van der Waals surface area contributed by atoms with E-state index >= 15 is 0 Å². The summed E-state index contributed by atoms with van der Waals surface area (Å²) in [5.74, 6) is -1.10. The Bertz CT molecular complexity index is 1140. The van der Waals surface area contributed by atoms with Crippen LogP contribution in [0.5, 0.6) is 0 Å². The van der Waals surface area contributed by atoms with Crippen LogP contribution in [0.1, 0.15) is 22.2 Å². The molecular weight excluding hydrogens is 449 g/mol. The van der Waals surface area contributed by atoms with Gasteiger partial charge in [-0.05, 0) is 36.4 Å². The van der Waals surface area contributed by atoms with Crippen LogP contribution in [-0.4, -0.2) is 47.8 Å². The second-order valence-corrected chi connectivity index (χ2v) is 9.27. The van der Waals surface area contributed by atoms with E-state index in [0.29, 0.717) is 18.7 Å². The van der Waals surface area contributed by atoms with Crippen LogP contribution in [0.2, 0.25) is 5.02 Å². The lowest BCUT2D eigenvalue weighted by molar-refractivity contribution is -0.114. The zero-order chi connectivity index (χ0) is 22.7. The third kappa shape index (κ3) is 5.18. The Balaban J connectivity index is 1.35. The summed E-state index contributed by atoms with van der Waals surface area (Å²) in [5, 5.41) is 3.17. The first-order valence-corrected chi connectivity index (χ1v) is 11.5. The third-order valence-electron chi connectivity index (χ3n) is 5.36. The summed E-state index contributed by atoms with van der Waals surface area (Å²) in [6.07, 6.45) is 0. The lowest BCUT2D eigenvalue weighted by Gasteiger charge is -2.34. The number of carbonyl (C=O) groups is 2. The molecule has 0 atom stereocenters. The molecular formula is C24H23ClFN3O2S. The maximum absolute atomic E-state index is 13.9. The molecule has 32 heavy (non-hydrogen) atoms. The number of hydrogen-bond donors (Lipinski definition) is 1. The molecule has 0 spiro atoms. The van der Waals surface area contributed by atoms with Crippen LogP contribution < -0.4 is 5.32 Å². The molecule has 0 radical (unpaired) electrons. The monoisotopic (exact) mass is 471 g/mol. The number of halogens is 2. The van der Waals surface area contributed by atoms with Gasteiger partial charge in [0.05, 0.1) is 5.69 Å². The van der Waals surface area contributed by atoms with Gasteiger partial charge < -0.3 is 10.2 Å². The van der Waals surface area contributed by atoms with Crippen LogP contribution in [0.4, 0.5) is 10.1 Å². The SMILES string of the molecule is CC(=O)Nc1cc(C(=O)N2CCN(Cc3ccc(-c4ccccc4Cl)s3)CC2)ccc1F. The van der Waals surface area contributed by atoms with Gasteiger partial charge in [-0.2, -0.15) is 0 Å². The zero-order valence-corrected chi connectivity index (χ0v) is 19.2. The molecule has 5 nitrogen and oxygen atoms in total. The molecule has 2 heterocycles. The minimum Gasteiger partial charge on any atom is -0.336 e. The number of anilines is 1. The molecule has 0 bridgehead atoms. The number of benzene rings is 2. The first kappa shape index (κ1) is 22.5. The number of piperazine rings is 1. The molecule has 1 N–H and O–H groups in total. The van der Waals surface area contributed by atoms with E-state index in [1.165, 1.54) is 30.0 Å². The molecule has 0 saturated carbocycles. The van der Waals surface area contributed by atoms with E-state index in [2.05, 4.69) is 22.3 Å². The Morgan fingerprint density at radius 2 is 1.81 bits per heavy atom. The Morgan fingerprint density at radius 3 is 2.53 bits per heavy atom. The highest BCUT2D eigenvalue weighted by Crippen LogP contribution is 2.33. The van der Waals surface area contributed by atoms with Crippen molar-refractivity contribution in [3.05, 3.63) is 75.9 Å². The highest BCUT2D eigenvalue weighted by molar-refractivity contribution is 7.15. The van der Waals surface area contributed by atoms with E-state index in [9.17, 15) is 14.0 Å². The minimum absolute atomic E-state index is 0.0222. The number of nitrogens with zero attached hydrogens (tertiary/aromatic N) is 2. The molecule has 3 aromatic rings. The molecule has 0 aliphatic carbocycles. The summed E-state index contributed by atoms with van der Waals surface area (Å²) in [7, 11) is 0. The summed E-state index contributed by atoms with van der Waals surface area (Å²) >= 11 is 8.05. The minimum atomic E-state index is -0.561. The van der Waals surface area contributed by atoms with Crippen LogP contribution in [0.3, 0.4) is 0 Å². The van der Waals surface area contributed by atoms with Crippen molar-refractivity contribution in [2.24, 2.45) is 0 Å². The van der Waals surface area contributed by atoms with Crippen molar-refractivity contribution in [3.8, 4) is 10.4 Å².